The molecular weight excluding hydrogens is 633 g/mol. The van der Waals surface area contributed by atoms with Crippen LogP contribution in [0.15, 0.2) is 55.4 Å². The smallest absolute Gasteiger partial charge is 0.421 e. The van der Waals surface area contributed by atoms with Crippen LogP contribution in [0, 0.1) is 0 Å². The average molecular weight is 667 g/mol. The number of alkyl halides is 3. The van der Waals surface area contributed by atoms with E-state index < -0.39 is 23.4 Å². The van der Waals surface area contributed by atoms with Gasteiger partial charge in [-0.05, 0) is 44.7 Å². The second kappa shape index (κ2) is 13.5. The summed E-state index contributed by atoms with van der Waals surface area (Å²) in [5, 5.41) is 13.3. The Hall–Kier alpha value is -5.19. The van der Waals surface area contributed by atoms with Gasteiger partial charge in [-0.2, -0.15) is 18.2 Å². The van der Waals surface area contributed by atoms with Crippen molar-refractivity contribution in [3.05, 3.63) is 66.6 Å². The highest BCUT2D eigenvalue weighted by Crippen LogP contribution is 2.39. The van der Waals surface area contributed by atoms with Crippen LogP contribution < -0.4 is 19.9 Å². The third-order valence-corrected chi connectivity index (χ3v) is 8.10. The Morgan fingerprint density at radius 3 is 2.25 bits per heavy atom. The predicted octanol–water partition coefficient (Wildman–Crippen LogP) is 4.28. The summed E-state index contributed by atoms with van der Waals surface area (Å²) in [6, 6.07) is 5.02. The molecule has 1 aliphatic carbocycles. The number of rotatable bonds is 9. The van der Waals surface area contributed by atoms with E-state index in [9.17, 15) is 23.1 Å². The minimum Gasteiger partial charge on any atom is -0.467 e. The van der Waals surface area contributed by atoms with Gasteiger partial charge < -0.3 is 24.8 Å². The van der Waals surface area contributed by atoms with Crippen LogP contribution in [-0.4, -0.2) is 84.0 Å². The van der Waals surface area contributed by atoms with E-state index in [1.165, 1.54) is 16.9 Å². The molecule has 48 heavy (non-hydrogen) atoms. The summed E-state index contributed by atoms with van der Waals surface area (Å²) in [4.78, 5) is 45.8. The lowest BCUT2D eigenvalue weighted by molar-refractivity contribution is -0.137. The van der Waals surface area contributed by atoms with Gasteiger partial charge in [0, 0.05) is 73.5 Å². The minimum atomic E-state index is -4.65. The van der Waals surface area contributed by atoms with Crippen molar-refractivity contribution in [1.29, 1.82) is 0 Å². The van der Waals surface area contributed by atoms with E-state index in [0.717, 1.165) is 6.20 Å². The van der Waals surface area contributed by atoms with Crippen LogP contribution in [0.3, 0.4) is 0 Å². The number of carbonyl (C=O) groups excluding carboxylic acids is 1. The van der Waals surface area contributed by atoms with Crippen molar-refractivity contribution in [3.63, 3.8) is 0 Å². The molecule has 252 valence electrons. The van der Waals surface area contributed by atoms with Crippen LogP contribution in [-0.2, 0) is 17.5 Å². The molecule has 6 rings (SSSR count). The number of amides is 1. The number of carbonyl (C=O) groups is 1. The predicted molar refractivity (Wildman–Crippen MR) is 166 cm³/mol. The summed E-state index contributed by atoms with van der Waals surface area (Å²) < 4.78 is 51.8. The Kier molecular flexibility index (Phi) is 9.21. The van der Waals surface area contributed by atoms with Gasteiger partial charge in [0.1, 0.15) is 18.0 Å². The van der Waals surface area contributed by atoms with Crippen molar-refractivity contribution in [3.8, 4) is 17.1 Å². The number of nitrogens with zero attached hydrogens (tertiary/aromatic N) is 9. The molecule has 0 radical (unpaired) electrons. The molecule has 1 saturated heterocycles. The highest BCUT2D eigenvalue weighted by Gasteiger charge is 2.43. The molecule has 4 aromatic rings. The third-order valence-electron chi connectivity index (χ3n) is 8.10. The molecular formula is C31H33F3N10O4. The summed E-state index contributed by atoms with van der Waals surface area (Å²) in [5.41, 5.74) is -0.177. The van der Waals surface area contributed by atoms with Crippen LogP contribution in [0.1, 0.15) is 43.9 Å². The van der Waals surface area contributed by atoms with Crippen molar-refractivity contribution in [2.24, 2.45) is 0 Å². The van der Waals surface area contributed by atoms with Crippen molar-refractivity contribution in [2.75, 3.05) is 35.3 Å². The largest absolute Gasteiger partial charge is 0.467 e. The zero-order chi connectivity index (χ0) is 33.9. The van der Waals surface area contributed by atoms with Crippen LogP contribution in [0.5, 0.6) is 6.01 Å². The SMILES string of the molecule is COc1ncc(-c2cnc(N(C(=O)OCc3ccccn3)C3CCC(Nc4ncc(C(F)(F)F)c(N5CC(C)(O)C5)n4)CC3)nc2)cn1. The molecule has 17 heteroatoms. The van der Waals surface area contributed by atoms with E-state index in [4.69, 9.17) is 9.47 Å². The van der Waals surface area contributed by atoms with Crippen molar-refractivity contribution in [1.82, 2.24) is 34.9 Å². The lowest BCUT2D eigenvalue weighted by atomic mass is 9.90. The van der Waals surface area contributed by atoms with Gasteiger partial charge in [0.05, 0.1) is 18.4 Å². The second-order valence-corrected chi connectivity index (χ2v) is 11.9. The van der Waals surface area contributed by atoms with Gasteiger partial charge in [0.25, 0.3) is 0 Å². The number of aromatic nitrogens is 7. The number of aliphatic hydroxyl groups is 1. The molecule has 0 bridgehead atoms. The van der Waals surface area contributed by atoms with Crippen LogP contribution in [0.25, 0.3) is 11.1 Å². The molecule has 1 amide bonds. The normalized spacial score (nSPS) is 18.8. The Labute approximate surface area is 273 Å². The number of hydrogen-bond acceptors (Lipinski definition) is 13. The molecule has 0 aromatic carbocycles. The van der Waals surface area contributed by atoms with Crippen molar-refractivity contribution in [2.45, 2.75) is 63.1 Å². The van der Waals surface area contributed by atoms with Gasteiger partial charge in [-0.25, -0.2) is 34.6 Å². The van der Waals surface area contributed by atoms with Gasteiger partial charge in [-0.1, -0.05) is 6.07 Å². The maximum absolute atomic E-state index is 13.7. The standard InChI is InChI=1S/C31H33F3N10O4/c1-30(46)17-43(18-30)25-24(31(32,33)34)15-36-26(42-25)41-21-6-8-23(9-7-21)44(29(45)48-16-22-5-3-4-10-35-22)27-37-11-19(12-38-27)20-13-39-28(47-2)40-14-20/h3-5,10-15,21,23,46H,6-9,16-18H2,1-2H3,(H,36,41,42). The zero-order valence-electron chi connectivity index (χ0n) is 26.1. The Bertz CT molecular complexity index is 1700. The summed E-state index contributed by atoms with van der Waals surface area (Å²) in [5.74, 6) is -0.0679. The van der Waals surface area contributed by atoms with Crippen LogP contribution >= 0.6 is 0 Å². The van der Waals surface area contributed by atoms with Crippen molar-refractivity contribution < 1.29 is 32.5 Å². The highest BCUT2D eigenvalue weighted by atomic mass is 19.4. The zero-order valence-corrected chi connectivity index (χ0v) is 26.1. The Morgan fingerprint density at radius 1 is 1.00 bits per heavy atom. The molecule has 14 nitrogen and oxygen atoms in total. The van der Waals surface area contributed by atoms with Gasteiger partial charge >= 0.3 is 18.3 Å². The number of ether oxygens (including phenoxy) is 2. The molecule has 0 spiro atoms. The first-order chi connectivity index (χ1) is 23.0. The topological polar surface area (TPSA) is 164 Å². The van der Waals surface area contributed by atoms with Gasteiger partial charge in [0.15, 0.2) is 0 Å². The van der Waals surface area contributed by atoms with E-state index in [-0.39, 0.29) is 55.5 Å². The first-order valence-corrected chi connectivity index (χ1v) is 15.2. The number of pyridine rings is 1. The number of methoxy groups -OCH3 is 1. The van der Waals surface area contributed by atoms with E-state index in [2.05, 4.69) is 40.2 Å². The van der Waals surface area contributed by atoms with Crippen molar-refractivity contribution >= 4 is 23.8 Å². The number of anilines is 3. The maximum atomic E-state index is 13.7. The molecule has 2 aliphatic rings. The van der Waals surface area contributed by atoms with E-state index in [1.807, 2.05) is 0 Å². The Morgan fingerprint density at radius 2 is 1.67 bits per heavy atom. The van der Waals surface area contributed by atoms with E-state index >= 15 is 0 Å². The number of nitrogens with one attached hydrogen (secondary N) is 1. The number of hydrogen-bond donors (Lipinski definition) is 2. The summed E-state index contributed by atoms with van der Waals surface area (Å²) in [7, 11) is 1.47. The first-order valence-electron chi connectivity index (χ1n) is 15.2. The van der Waals surface area contributed by atoms with E-state index in [1.54, 1.807) is 56.1 Å². The molecule has 1 saturated carbocycles. The molecule has 4 aromatic heterocycles. The van der Waals surface area contributed by atoms with E-state index in [0.29, 0.717) is 42.5 Å². The number of β-amino-alcohol motifs (C(OH)–C–C–N with tert-alkyl or cyclic N) is 1. The lowest BCUT2D eigenvalue weighted by Gasteiger charge is -2.45. The third kappa shape index (κ3) is 7.51. The van der Waals surface area contributed by atoms with Gasteiger partial charge in [0.2, 0.25) is 11.9 Å². The van der Waals surface area contributed by atoms with Gasteiger partial charge in [-0.15, -0.1) is 0 Å². The van der Waals surface area contributed by atoms with Crippen LogP contribution in [0.4, 0.5) is 35.7 Å². The summed E-state index contributed by atoms with van der Waals surface area (Å²) in [6.45, 7) is 1.57. The monoisotopic (exact) mass is 666 g/mol. The number of halogens is 3. The highest BCUT2D eigenvalue weighted by molar-refractivity contribution is 5.86. The summed E-state index contributed by atoms with van der Waals surface area (Å²) >= 11 is 0. The first kappa shape index (κ1) is 32.7. The lowest BCUT2D eigenvalue weighted by Crippen LogP contribution is -2.60. The maximum Gasteiger partial charge on any atom is 0.421 e. The summed E-state index contributed by atoms with van der Waals surface area (Å²) in [6.07, 6.45) is 5.49. The molecule has 0 atom stereocenters. The van der Waals surface area contributed by atoms with Gasteiger partial charge in [-0.3, -0.25) is 4.98 Å². The fourth-order valence-corrected chi connectivity index (χ4v) is 5.72. The van der Waals surface area contributed by atoms with Crippen LogP contribution in [0.2, 0.25) is 0 Å². The molecule has 5 heterocycles. The molecule has 2 fully saturated rings. The minimum absolute atomic E-state index is 0.0286. The fourth-order valence-electron chi connectivity index (χ4n) is 5.72. The quantitative estimate of drug-likeness (QED) is 0.260. The second-order valence-electron chi connectivity index (χ2n) is 11.9. The molecule has 2 N–H and O–H groups in total. The average Bonchev–Trinajstić information content (AvgIpc) is 3.07. The Balaban J connectivity index is 1.16. The fraction of sp³-hybridized carbons (Fsp3) is 0.419. The molecule has 0 unspecified atom stereocenters. The molecule has 1 aliphatic heterocycles.